The molecule has 5 nitrogen and oxygen atoms in total. The van der Waals surface area contributed by atoms with Gasteiger partial charge in [0, 0.05) is 35.6 Å². The lowest BCUT2D eigenvalue weighted by molar-refractivity contribution is 0.0149. The summed E-state index contributed by atoms with van der Waals surface area (Å²) >= 11 is 7.95. The minimum Gasteiger partial charge on any atom is -0.394 e. The molecule has 7 heteroatoms. The van der Waals surface area contributed by atoms with E-state index in [4.69, 9.17) is 16.6 Å². The van der Waals surface area contributed by atoms with Gasteiger partial charge in [-0.05, 0) is 49.9 Å². The largest absolute Gasteiger partial charge is 0.394 e. The van der Waals surface area contributed by atoms with Gasteiger partial charge in [0.15, 0.2) is 0 Å². The van der Waals surface area contributed by atoms with Crippen LogP contribution in [-0.4, -0.2) is 58.3 Å². The molecule has 0 spiro atoms. The van der Waals surface area contributed by atoms with Crippen molar-refractivity contribution in [2.75, 3.05) is 31.6 Å². The molecule has 1 saturated carbocycles. The van der Waals surface area contributed by atoms with Crippen LogP contribution < -0.4 is 4.90 Å². The minimum absolute atomic E-state index is 0.0217. The second-order valence-corrected chi connectivity index (χ2v) is 10.1. The van der Waals surface area contributed by atoms with Gasteiger partial charge in [0.05, 0.1) is 12.0 Å². The van der Waals surface area contributed by atoms with Gasteiger partial charge in [0.2, 0.25) is 5.28 Å². The lowest BCUT2D eigenvalue weighted by Gasteiger charge is -2.46. The number of thiophene rings is 1. The molecule has 2 aromatic heterocycles. The summed E-state index contributed by atoms with van der Waals surface area (Å²) in [7, 11) is 2.22. The minimum atomic E-state index is -0.0217. The van der Waals surface area contributed by atoms with Gasteiger partial charge in [0.1, 0.15) is 10.6 Å². The number of likely N-dealkylation sites (N-methyl/N-ethyl adjacent to an activating group) is 1. The Morgan fingerprint density at radius 2 is 1.87 bits per heavy atom. The summed E-state index contributed by atoms with van der Waals surface area (Å²) in [6, 6.07) is 10.9. The van der Waals surface area contributed by atoms with Gasteiger partial charge < -0.3 is 10.0 Å². The van der Waals surface area contributed by atoms with E-state index in [2.05, 4.69) is 51.5 Å². The number of aliphatic hydroxyl groups excluding tert-OH is 1. The van der Waals surface area contributed by atoms with Crippen molar-refractivity contribution in [2.45, 2.75) is 50.1 Å². The molecule has 1 aliphatic heterocycles. The maximum atomic E-state index is 10.1. The van der Waals surface area contributed by atoms with Crippen LogP contribution >= 0.6 is 22.9 Å². The Kier molecular flexibility index (Phi) is 5.90. The average molecular weight is 457 g/mol. The number of fused-ring (bicyclic) bond motifs is 1. The molecule has 1 aliphatic carbocycles. The molecule has 0 unspecified atom stereocenters. The van der Waals surface area contributed by atoms with E-state index in [0.29, 0.717) is 11.3 Å². The topological polar surface area (TPSA) is 52.5 Å². The predicted octanol–water partition coefficient (Wildman–Crippen LogP) is 5.22. The number of aromatic nitrogens is 2. The van der Waals surface area contributed by atoms with Gasteiger partial charge in [-0.25, -0.2) is 4.98 Å². The molecule has 2 fully saturated rings. The van der Waals surface area contributed by atoms with E-state index in [-0.39, 0.29) is 12.1 Å². The maximum Gasteiger partial charge on any atom is 0.225 e. The third kappa shape index (κ3) is 3.84. The van der Waals surface area contributed by atoms with Crippen LogP contribution in [0.3, 0.4) is 0 Å². The number of hydrogen-bond donors (Lipinski definition) is 1. The molecule has 3 aromatic rings. The Hall–Kier alpha value is -1.73. The summed E-state index contributed by atoms with van der Waals surface area (Å²) in [6.07, 6.45) is 6.79. The number of anilines is 1. The van der Waals surface area contributed by atoms with Crippen LogP contribution in [0.5, 0.6) is 0 Å². The van der Waals surface area contributed by atoms with Gasteiger partial charge in [-0.2, -0.15) is 4.98 Å². The van der Waals surface area contributed by atoms with Crippen molar-refractivity contribution in [2.24, 2.45) is 0 Å². The van der Waals surface area contributed by atoms with E-state index < -0.39 is 0 Å². The van der Waals surface area contributed by atoms with Crippen molar-refractivity contribution >= 4 is 39.0 Å². The highest BCUT2D eigenvalue weighted by atomic mass is 35.5. The van der Waals surface area contributed by atoms with E-state index in [0.717, 1.165) is 54.8 Å². The van der Waals surface area contributed by atoms with Gasteiger partial charge in [-0.1, -0.05) is 43.2 Å². The smallest absolute Gasteiger partial charge is 0.225 e. The van der Waals surface area contributed by atoms with Gasteiger partial charge in [-0.15, -0.1) is 11.3 Å². The summed E-state index contributed by atoms with van der Waals surface area (Å²) in [5.41, 5.74) is 2.34. The van der Waals surface area contributed by atoms with Crippen molar-refractivity contribution < 1.29 is 5.11 Å². The number of aliphatic hydroxyl groups is 1. The molecule has 1 aromatic carbocycles. The lowest BCUT2D eigenvalue weighted by atomic mass is 9.91. The Labute approximate surface area is 192 Å². The van der Waals surface area contributed by atoms with Crippen molar-refractivity contribution in [3.05, 3.63) is 41.0 Å². The molecule has 0 bridgehead atoms. The Bertz CT molecular complexity index is 1040. The number of benzene rings is 1. The number of nitrogens with zero attached hydrogens (tertiary/aromatic N) is 4. The summed E-state index contributed by atoms with van der Waals surface area (Å²) in [5, 5.41) is 13.7. The van der Waals surface area contributed by atoms with E-state index in [1.807, 2.05) is 6.07 Å². The summed E-state index contributed by atoms with van der Waals surface area (Å²) in [6.45, 7) is 2.13. The van der Waals surface area contributed by atoms with Gasteiger partial charge in [0.25, 0.3) is 0 Å². The summed E-state index contributed by atoms with van der Waals surface area (Å²) in [5.74, 6) is 0.953. The molecule has 0 amide bonds. The molecular formula is C24H29ClN4OS. The van der Waals surface area contributed by atoms with E-state index in [1.165, 1.54) is 24.0 Å². The van der Waals surface area contributed by atoms with E-state index in [9.17, 15) is 5.11 Å². The SMILES string of the molecule is CN(C1CCN(c2nc(Cl)nc3scc(-c4ccccc4)c23)CC1)C1(CO)CCCC1. The first-order chi connectivity index (χ1) is 15.1. The van der Waals surface area contributed by atoms with Crippen LogP contribution in [0.25, 0.3) is 21.3 Å². The van der Waals surface area contributed by atoms with Crippen LogP contribution in [0, 0.1) is 0 Å². The molecule has 3 heterocycles. The van der Waals surface area contributed by atoms with E-state index in [1.54, 1.807) is 11.3 Å². The zero-order valence-corrected chi connectivity index (χ0v) is 19.5. The third-order valence-electron chi connectivity index (χ3n) is 7.36. The zero-order chi connectivity index (χ0) is 21.4. The van der Waals surface area contributed by atoms with Crippen LogP contribution in [0.4, 0.5) is 5.82 Å². The fourth-order valence-electron chi connectivity index (χ4n) is 5.46. The standard InChI is InChI=1S/C24H29ClN4OS/c1-28(24(16-30)11-5-6-12-24)18-9-13-29(14-10-18)21-20-19(17-7-3-2-4-8-17)15-31-22(20)27-23(25)26-21/h2-4,7-8,15,18,30H,5-6,9-14,16H2,1H3. The third-order valence-corrected chi connectivity index (χ3v) is 8.40. The summed E-state index contributed by atoms with van der Waals surface area (Å²) < 4.78 is 0. The number of piperidine rings is 1. The number of hydrogen-bond acceptors (Lipinski definition) is 6. The molecule has 164 valence electrons. The Balaban J connectivity index is 1.41. The van der Waals surface area contributed by atoms with Crippen LogP contribution in [0.1, 0.15) is 38.5 Å². The van der Waals surface area contributed by atoms with E-state index >= 15 is 0 Å². The molecule has 1 saturated heterocycles. The molecular weight excluding hydrogens is 428 g/mol. The van der Waals surface area contributed by atoms with Crippen molar-refractivity contribution in [1.82, 2.24) is 14.9 Å². The fourth-order valence-corrected chi connectivity index (χ4v) is 6.62. The van der Waals surface area contributed by atoms with Gasteiger partial charge >= 0.3 is 0 Å². The first-order valence-electron chi connectivity index (χ1n) is 11.2. The average Bonchev–Trinajstić information content (AvgIpc) is 3.47. The van der Waals surface area contributed by atoms with Gasteiger partial charge in [-0.3, -0.25) is 4.90 Å². The van der Waals surface area contributed by atoms with Crippen LogP contribution in [0.2, 0.25) is 5.28 Å². The second kappa shape index (κ2) is 8.66. The van der Waals surface area contributed by atoms with Crippen LogP contribution in [-0.2, 0) is 0 Å². The monoisotopic (exact) mass is 456 g/mol. The second-order valence-electron chi connectivity index (χ2n) is 8.93. The lowest BCUT2D eigenvalue weighted by Crippen LogP contribution is -2.55. The Morgan fingerprint density at radius 1 is 1.16 bits per heavy atom. The number of rotatable bonds is 5. The first kappa shape index (κ1) is 21.1. The fraction of sp³-hybridized carbons (Fsp3) is 0.500. The summed E-state index contributed by atoms with van der Waals surface area (Å²) in [4.78, 5) is 15.0. The normalized spacial score (nSPS) is 19.5. The van der Waals surface area contributed by atoms with Crippen molar-refractivity contribution in [3.8, 4) is 11.1 Å². The number of halogens is 1. The quantitative estimate of drug-likeness (QED) is 0.533. The molecule has 1 N–H and O–H groups in total. The molecule has 2 aliphatic rings. The van der Waals surface area contributed by atoms with Crippen LogP contribution in [0.15, 0.2) is 35.7 Å². The first-order valence-corrected chi connectivity index (χ1v) is 12.5. The molecule has 31 heavy (non-hydrogen) atoms. The highest BCUT2D eigenvalue weighted by Gasteiger charge is 2.41. The highest BCUT2D eigenvalue weighted by molar-refractivity contribution is 7.17. The zero-order valence-electron chi connectivity index (χ0n) is 17.9. The predicted molar refractivity (Wildman–Crippen MR) is 129 cm³/mol. The Morgan fingerprint density at radius 3 is 2.55 bits per heavy atom. The maximum absolute atomic E-state index is 10.1. The molecule has 0 radical (unpaired) electrons. The van der Waals surface area contributed by atoms with Crippen molar-refractivity contribution in [3.63, 3.8) is 0 Å². The molecule has 5 rings (SSSR count). The highest BCUT2D eigenvalue weighted by Crippen LogP contribution is 2.41. The van der Waals surface area contributed by atoms with Crippen molar-refractivity contribution in [1.29, 1.82) is 0 Å². The molecule has 0 atom stereocenters.